The molecule has 3 aromatic carbocycles. The van der Waals surface area contributed by atoms with Gasteiger partial charge in [-0.2, -0.15) is 0 Å². The Morgan fingerprint density at radius 3 is 2.24 bits per heavy atom. The van der Waals surface area contributed by atoms with Crippen LogP contribution >= 0.6 is 23.2 Å². The molecule has 0 aliphatic carbocycles. The van der Waals surface area contributed by atoms with E-state index < -0.39 is 15.4 Å². The molecule has 5 nitrogen and oxygen atoms in total. The average Bonchev–Trinajstić information content (AvgIpc) is 3.21. The summed E-state index contributed by atoms with van der Waals surface area (Å²) >= 11 is 12.7. The standard InChI is InChI=1S/C25H22Cl2N2O3S/c1-25(2,30)22-15-29(24(28-22)20-8-5-9-21(26)23(20)27)18-12-10-16(11-13-18)17-6-4-7-19(14-17)33(3,31)32/h4-15,30H,1-3H3. The van der Waals surface area contributed by atoms with Crippen LogP contribution in [-0.2, 0) is 15.4 Å². The average molecular weight is 501 g/mol. The first-order chi connectivity index (χ1) is 15.4. The predicted molar refractivity (Wildman–Crippen MR) is 133 cm³/mol. The number of nitrogens with zero attached hydrogens (tertiary/aromatic N) is 2. The van der Waals surface area contributed by atoms with Gasteiger partial charge in [0.15, 0.2) is 9.84 Å². The second kappa shape index (κ2) is 8.61. The van der Waals surface area contributed by atoms with Gasteiger partial charge in [-0.25, -0.2) is 13.4 Å². The monoisotopic (exact) mass is 500 g/mol. The highest BCUT2D eigenvalue weighted by atomic mass is 35.5. The third-order valence-corrected chi connectivity index (χ3v) is 7.20. The Bertz CT molecular complexity index is 1440. The smallest absolute Gasteiger partial charge is 0.175 e. The van der Waals surface area contributed by atoms with Crippen molar-refractivity contribution in [2.75, 3.05) is 6.26 Å². The van der Waals surface area contributed by atoms with Crippen LogP contribution in [0.1, 0.15) is 19.5 Å². The summed E-state index contributed by atoms with van der Waals surface area (Å²) in [7, 11) is -3.30. The summed E-state index contributed by atoms with van der Waals surface area (Å²) in [6.07, 6.45) is 2.96. The molecule has 0 aliphatic heterocycles. The van der Waals surface area contributed by atoms with Crippen LogP contribution in [0.5, 0.6) is 0 Å². The third-order valence-electron chi connectivity index (χ3n) is 5.27. The predicted octanol–water partition coefficient (Wildman–Crippen LogP) is 6.14. The summed E-state index contributed by atoms with van der Waals surface area (Å²) in [6.45, 7) is 3.34. The molecule has 1 aromatic heterocycles. The van der Waals surface area contributed by atoms with Gasteiger partial charge in [0.2, 0.25) is 0 Å². The van der Waals surface area contributed by atoms with Gasteiger partial charge in [0.25, 0.3) is 0 Å². The molecular weight excluding hydrogens is 479 g/mol. The number of sulfone groups is 1. The highest BCUT2D eigenvalue weighted by Gasteiger charge is 2.24. The molecule has 0 saturated heterocycles. The zero-order chi connectivity index (χ0) is 24.0. The Labute approximate surface area is 203 Å². The number of halogens is 2. The van der Waals surface area contributed by atoms with Crippen LogP contribution in [0.2, 0.25) is 10.0 Å². The van der Waals surface area contributed by atoms with Crippen molar-refractivity contribution in [2.45, 2.75) is 24.3 Å². The van der Waals surface area contributed by atoms with E-state index in [9.17, 15) is 13.5 Å². The van der Waals surface area contributed by atoms with Crippen molar-refractivity contribution in [3.8, 4) is 28.2 Å². The molecule has 0 fully saturated rings. The first kappa shape index (κ1) is 23.5. The Morgan fingerprint density at radius 1 is 0.939 bits per heavy atom. The minimum Gasteiger partial charge on any atom is -0.384 e. The summed E-state index contributed by atoms with van der Waals surface area (Å²) in [6, 6.07) is 19.8. The maximum absolute atomic E-state index is 11.9. The van der Waals surface area contributed by atoms with Gasteiger partial charge in [-0.15, -0.1) is 0 Å². The number of aliphatic hydroxyl groups is 1. The normalized spacial score (nSPS) is 12.2. The molecule has 0 saturated carbocycles. The highest BCUT2D eigenvalue weighted by molar-refractivity contribution is 7.90. The van der Waals surface area contributed by atoms with Crippen molar-refractivity contribution in [3.05, 3.63) is 88.7 Å². The quantitative estimate of drug-likeness (QED) is 0.356. The van der Waals surface area contributed by atoms with E-state index in [1.807, 2.05) is 41.0 Å². The fourth-order valence-electron chi connectivity index (χ4n) is 3.46. The lowest BCUT2D eigenvalue weighted by Crippen LogP contribution is -2.15. The van der Waals surface area contributed by atoms with Crippen LogP contribution in [0.25, 0.3) is 28.2 Å². The van der Waals surface area contributed by atoms with Gasteiger partial charge >= 0.3 is 0 Å². The van der Waals surface area contributed by atoms with Crippen LogP contribution in [0.4, 0.5) is 0 Å². The Balaban J connectivity index is 1.81. The molecule has 0 aliphatic rings. The van der Waals surface area contributed by atoms with Gasteiger partial charge in [0.05, 0.1) is 20.6 Å². The molecule has 170 valence electrons. The van der Waals surface area contributed by atoms with Gasteiger partial charge in [-0.05, 0) is 61.4 Å². The van der Waals surface area contributed by atoms with Crippen molar-refractivity contribution < 1.29 is 13.5 Å². The van der Waals surface area contributed by atoms with E-state index in [4.69, 9.17) is 23.2 Å². The largest absolute Gasteiger partial charge is 0.384 e. The molecule has 1 heterocycles. The molecule has 4 rings (SSSR count). The maximum Gasteiger partial charge on any atom is 0.175 e. The zero-order valence-corrected chi connectivity index (χ0v) is 20.6. The second-order valence-corrected chi connectivity index (χ2v) is 11.1. The van der Waals surface area contributed by atoms with Gasteiger partial charge in [-0.1, -0.05) is 53.5 Å². The molecule has 8 heteroatoms. The zero-order valence-electron chi connectivity index (χ0n) is 18.3. The fraction of sp³-hybridized carbons (Fsp3) is 0.160. The first-order valence-electron chi connectivity index (χ1n) is 10.1. The molecule has 33 heavy (non-hydrogen) atoms. The fourth-order valence-corrected chi connectivity index (χ4v) is 4.51. The Hall–Kier alpha value is -2.64. The van der Waals surface area contributed by atoms with Gasteiger partial charge in [0, 0.05) is 23.7 Å². The third kappa shape index (κ3) is 4.84. The lowest BCUT2D eigenvalue weighted by atomic mass is 10.1. The van der Waals surface area contributed by atoms with Crippen molar-refractivity contribution in [1.29, 1.82) is 0 Å². The van der Waals surface area contributed by atoms with Crippen molar-refractivity contribution in [3.63, 3.8) is 0 Å². The summed E-state index contributed by atoms with van der Waals surface area (Å²) < 4.78 is 25.7. The Morgan fingerprint density at radius 2 is 1.61 bits per heavy atom. The molecule has 0 bridgehead atoms. The van der Waals surface area contributed by atoms with Crippen LogP contribution < -0.4 is 0 Å². The van der Waals surface area contributed by atoms with E-state index >= 15 is 0 Å². The van der Waals surface area contributed by atoms with E-state index in [1.165, 1.54) is 6.26 Å². The summed E-state index contributed by atoms with van der Waals surface area (Å²) in [5, 5.41) is 11.3. The topological polar surface area (TPSA) is 72.2 Å². The van der Waals surface area contributed by atoms with E-state index in [2.05, 4.69) is 4.98 Å². The molecule has 4 aromatic rings. The molecule has 1 N–H and O–H groups in total. The van der Waals surface area contributed by atoms with E-state index in [1.54, 1.807) is 50.4 Å². The van der Waals surface area contributed by atoms with E-state index in [0.29, 0.717) is 27.1 Å². The molecule has 0 amide bonds. The number of imidazole rings is 1. The summed E-state index contributed by atoms with van der Waals surface area (Å²) in [5.74, 6) is 0.548. The second-order valence-electron chi connectivity index (χ2n) is 8.33. The number of aromatic nitrogens is 2. The lowest BCUT2D eigenvalue weighted by molar-refractivity contribution is 0.0743. The van der Waals surface area contributed by atoms with Crippen LogP contribution in [-0.4, -0.2) is 29.3 Å². The summed E-state index contributed by atoms with van der Waals surface area (Å²) in [5.41, 5.74) is 2.44. The van der Waals surface area contributed by atoms with Crippen LogP contribution in [0.3, 0.4) is 0 Å². The molecule has 0 spiro atoms. The number of hydrogen-bond acceptors (Lipinski definition) is 4. The molecule has 0 radical (unpaired) electrons. The summed E-state index contributed by atoms with van der Waals surface area (Å²) in [4.78, 5) is 4.92. The SMILES string of the molecule is CC(C)(O)c1cn(-c2ccc(-c3cccc(S(C)(=O)=O)c3)cc2)c(-c2cccc(Cl)c2Cl)n1. The van der Waals surface area contributed by atoms with Gasteiger partial charge < -0.3 is 5.11 Å². The molecule has 0 atom stereocenters. The maximum atomic E-state index is 11.9. The number of hydrogen-bond donors (Lipinski definition) is 1. The number of rotatable bonds is 5. The minimum absolute atomic E-state index is 0.270. The number of benzene rings is 3. The molecular formula is C25H22Cl2N2O3S. The first-order valence-corrected chi connectivity index (χ1v) is 12.8. The van der Waals surface area contributed by atoms with Crippen LogP contribution in [0, 0.1) is 0 Å². The van der Waals surface area contributed by atoms with Crippen molar-refractivity contribution in [1.82, 2.24) is 9.55 Å². The van der Waals surface area contributed by atoms with Crippen molar-refractivity contribution in [2.24, 2.45) is 0 Å². The van der Waals surface area contributed by atoms with E-state index in [0.717, 1.165) is 16.8 Å². The van der Waals surface area contributed by atoms with Crippen LogP contribution in [0.15, 0.2) is 77.8 Å². The highest BCUT2D eigenvalue weighted by Crippen LogP contribution is 2.36. The van der Waals surface area contributed by atoms with Crippen molar-refractivity contribution >= 4 is 33.0 Å². The van der Waals surface area contributed by atoms with E-state index in [-0.39, 0.29) is 4.90 Å². The van der Waals surface area contributed by atoms with Gasteiger partial charge in [-0.3, -0.25) is 4.57 Å². The van der Waals surface area contributed by atoms with Gasteiger partial charge in [0.1, 0.15) is 11.4 Å². The lowest BCUT2D eigenvalue weighted by Gasteiger charge is -2.13. The minimum atomic E-state index is -3.30. The molecule has 0 unspecified atom stereocenters. The Kier molecular flexibility index (Phi) is 6.14.